The molecular weight excluding hydrogens is 677 g/mol. The summed E-state index contributed by atoms with van der Waals surface area (Å²) < 4.78 is 5.17. The SMILES string of the molecule is C1=CC2C(C3=CCCC(n4c5ccccc5c5ccc(-c6ccc7c(c6)c6ccccc6n7C6C=CCCC6)cc54)=C3)C=C3c4ccccc4C=CC3C2C=C1. The highest BCUT2D eigenvalue weighted by atomic mass is 15.0. The van der Waals surface area contributed by atoms with E-state index in [4.69, 9.17) is 0 Å². The summed E-state index contributed by atoms with van der Waals surface area (Å²) in [7, 11) is 0. The maximum atomic E-state index is 2.63. The highest BCUT2D eigenvalue weighted by Gasteiger charge is 2.40. The van der Waals surface area contributed by atoms with Gasteiger partial charge < -0.3 is 9.13 Å². The minimum absolute atomic E-state index is 0.323. The molecule has 2 heterocycles. The fourth-order valence-corrected chi connectivity index (χ4v) is 11.0. The van der Waals surface area contributed by atoms with Gasteiger partial charge in [0.05, 0.1) is 17.1 Å². The molecular formula is C54H44N2. The molecule has 0 saturated heterocycles. The molecule has 0 fully saturated rings. The molecule has 2 heteroatoms. The van der Waals surface area contributed by atoms with E-state index in [1.165, 1.54) is 102 Å². The van der Waals surface area contributed by atoms with E-state index in [2.05, 4.69) is 185 Å². The van der Waals surface area contributed by atoms with Crippen LogP contribution in [-0.4, -0.2) is 9.13 Å². The fourth-order valence-electron chi connectivity index (χ4n) is 11.0. The van der Waals surface area contributed by atoms with Crippen LogP contribution >= 0.6 is 0 Å². The maximum absolute atomic E-state index is 2.63. The van der Waals surface area contributed by atoms with Crippen molar-refractivity contribution in [1.82, 2.24) is 9.13 Å². The first-order valence-electron chi connectivity index (χ1n) is 20.8. The average Bonchev–Trinajstić information content (AvgIpc) is 3.78. The maximum Gasteiger partial charge on any atom is 0.0544 e. The van der Waals surface area contributed by atoms with E-state index in [0.29, 0.717) is 29.7 Å². The second-order valence-electron chi connectivity index (χ2n) is 16.6. The Morgan fingerprint density at radius 3 is 2.18 bits per heavy atom. The van der Waals surface area contributed by atoms with Crippen LogP contribution in [0.5, 0.6) is 0 Å². The van der Waals surface area contributed by atoms with Gasteiger partial charge in [-0.05, 0) is 114 Å². The Bertz CT molecular complexity index is 2980. The molecule has 0 saturated carbocycles. The number of allylic oxidation sites excluding steroid dienone is 13. The number of hydrogen-bond acceptors (Lipinski definition) is 0. The molecule has 5 unspecified atom stereocenters. The Hall–Kier alpha value is -6.12. The van der Waals surface area contributed by atoms with Crippen LogP contribution < -0.4 is 0 Å². The van der Waals surface area contributed by atoms with Crippen LogP contribution in [0.15, 0.2) is 176 Å². The summed E-state index contributed by atoms with van der Waals surface area (Å²) in [5.74, 6) is 1.63. The molecule has 0 N–H and O–H groups in total. The minimum Gasteiger partial charge on any atom is -0.333 e. The van der Waals surface area contributed by atoms with E-state index < -0.39 is 0 Å². The second-order valence-corrected chi connectivity index (χ2v) is 16.6. The van der Waals surface area contributed by atoms with E-state index in [1.54, 1.807) is 0 Å². The molecule has 0 aliphatic heterocycles. The molecule has 5 aliphatic carbocycles. The zero-order chi connectivity index (χ0) is 36.7. The number of hydrogen-bond donors (Lipinski definition) is 0. The van der Waals surface area contributed by atoms with Crippen molar-refractivity contribution < 1.29 is 0 Å². The topological polar surface area (TPSA) is 9.86 Å². The second kappa shape index (κ2) is 12.7. The highest BCUT2D eigenvalue weighted by molar-refractivity contribution is 6.12. The lowest BCUT2D eigenvalue weighted by Crippen LogP contribution is -2.33. The molecule has 56 heavy (non-hydrogen) atoms. The summed E-state index contributed by atoms with van der Waals surface area (Å²) in [5, 5.41) is 5.32. The summed E-state index contributed by atoms with van der Waals surface area (Å²) in [6.45, 7) is 0. The Kier molecular flexibility index (Phi) is 7.30. The normalized spacial score (nSPS) is 23.9. The van der Waals surface area contributed by atoms with Crippen LogP contribution in [-0.2, 0) is 0 Å². The monoisotopic (exact) mass is 720 g/mol. The molecule has 5 aromatic carbocycles. The summed E-state index contributed by atoms with van der Waals surface area (Å²) >= 11 is 0. The highest BCUT2D eigenvalue weighted by Crippen LogP contribution is 2.51. The van der Waals surface area contributed by atoms with Crippen molar-refractivity contribution in [3.05, 3.63) is 187 Å². The van der Waals surface area contributed by atoms with Crippen molar-refractivity contribution >= 4 is 61.0 Å². The molecule has 2 nitrogen and oxygen atoms in total. The molecule has 12 rings (SSSR count). The van der Waals surface area contributed by atoms with Gasteiger partial charge in [0.2, 0.25) is 0 Å². The zero-order valence-electron chi connectivity index (χ0n) is 31.6. The van der Waals surface area contributed by atoms with Gasteiger partial charge in [0, 0.05) is 50.1 Å². The van der Waals surface area contributed by atoms with Crippen molar-refractivity contribution in [2.24, 2.45) is 23.7 Å². The summed E-state index contributed by atoms with van der Waals surface area (Å²) in [6.07, 6.45) is 32.5. The van der Waals surface area contributed by atoms with Crippen LogP contribution in [0, 0.1) is 23.7 Å². The number of fused-ring (bicyclic) bond motifs is 11. The van der Waals surface area contributed by atoms with E-state index in [-0.39, 0.29) is 0 Å². The lowest BCUT2D eigenvalue weighted by molar-refractivity contribution is 0.351. The number of aromatic nitrogens is 2. The van der Waals surface area contributed by atoms with Gasteiger partial charge in [0.1, 0.15) is 0 Å². The molecule has 0 bridgehead atoms. The largest absolute Gasteiger partial charge is 0.333 e. The first kappa shape index (κ1) is 32.2. The lowest BCUT2D eigenvalue weighted by Gasteiger charge is -2.43. The van der Waals surface area contributed by atoms with Gasteiger partial charge in [-0.15, -0.1) is 0 Å². The van der Waals surface area contributed by atoms with E-state index >= 15 is 0 Å². The molecule has 0 amide bonds. The number of benzene rings is 5. The quantitative estimate of drug-likeness (QED) is 0.160. The van der Waals surface area contributed by atoms with Gasteiger partial charge in [-0.25, -0.2) is 0 Å². The van der Waals surface area contributed by atoms with Gasteiger partial charge >= 0.3 is 0 Å². The van der Waals surface area contributed by atoms with Crippen LogP contribution in [0.25, 0.3) is 72.1 Å². The Balaban J connectivity index is 0.991. The molecule has 0 spiro atoms. The molecule has 7 aromatic rings. The molecule has 0 radical (unpaired) electrons. The van der Waals surface area contributed by atoms with E-state index in [1.807, 2.05) is 0 Å². The molecule has 2 aromatic heterocycles. The van der Waals surface area contributed by atoms with Gasteiger partial charge in [0.25, 0.3) is 0 Å². The Labute approximate surface area is 328 Å². The van der Waals surface area contributed by atoms with E-state index in [0.717, 1.165) is 12.8 Å². The summed E-state index contributed by atoms with van der Waals surface area (Å²) in [4.78, 5) is 0. The summed E-state index contributed by atoms with van der Waals surface area (Å²) in [5.41, 5.74) is 14.8. The number of nitrogens with zero attached hydrogens (tertiary/aromatic N) is 2. The van der Waals surface area contributed by atoms with Crippen molar-refractivity contribution in [3.63, 3.8) is 0 Å². The third-order valence-electron chi connectivity index (χ3n) is 13.6. The Morgan fingerprint density at radius 2 is 1.30 bits per heavy atom. The van der Waals surface area contributed by atoms with Crippen molar-refractivity contribution in [2.45, 2.75) is 38.1 Å². The predicted molar refractivity (Wildman–Crippen MR) is 237 cm³/mol. The third-order valence-corrected chi connectivity index (χ3v) is 13.6. The molecule has 270 valence electrons. The standard InChI is InChI=1S/C54H44N2/c1-2-15-39(16-3-1)55-52-24-11-9-22-46(52)50-32-36(27-30-53(50)55)37-26-29-47-45-21-8-10-23-51(45)56(54(47)33-37)40-17-12-14-38(31-40)48-34-49-41-18-5-4-13-35(41)25-28-44(49)42-19-6-7-20-43(42)48/h2,4-11,13-15,18-34,39,42-44,48H,1,3,12,16-17H2. The van der Waals surface area contributed by atoms with Crippen molar-refractivity contribution in [1.29, 1.82) is 0 Å². The van der Waals surface area contributed by atoms with E-state index in [9.17, 15) is 0 Å². The fraction of sp³-hybridized carbons (Fsp3) is 0.185. The minimum atomic E-state index is 0.323. The zero-order valence-corrected chi connectivity index (χ0v) is 31.6. The van der Waals surface area contributed by atoms with Crippen LogP contribution in [0.2, 0.25) is 0 Å². The average molecular weight is 721 g/mol. The predicted octanol–water partition coefficient (Wildman–Crippen LogP) is 14.1. The van der Waals surface area contributed by atoms with Gasteiger partial charge in [-0.3, -0.25) is 0 Å². The van der Waals surface area contributed by atoms with Crippen LogP contribution in [0.1, 0.15) is 49.3 Å². The first-order chi connectivity index (χ1) is 27.8. The first-order valence-corrected chi connectivity index (χ1v) is 20.8. The van der Waals surface area contributed by atoms with Crippen LogP contribution in [0.4, 0.5) is 0 Å². The Morgan fingerprint density at radius 1 is 0.571 bits per heavy atom. The molecule has 5 aliphatic rings. The number of para-hydroxylation sites is 2. The summed E-state index contributed by atoms with van der Waals surface area (Å²) in [6, 6.07) is 41.7. The van der Waals surface area contributed by atoms with Gasteiger partial charge in [0.15, 0.2) is 0 Å². The van der Waals surface area contributed by atoms with Crippen LogP contribution in [0.3, 0.4) is 0 Å². The molecule has 5 atom stereocenters. The smallest absolute Gasteiger partial charge is 0.0544 e. The van der Waals surface area contributed by atoms with Crippen molar-refractivity contribution in [2.75, 3.05) is 0 Å². The lowest BCUT2D eigenvalue weighted by atomic mass is 9.61. The third kappa shape index (κ3) is 4.88. The van der Waals surface area contributed by atoms with Gasteiger partial charge in [-0.2, -0.15) is 0 Å². The van der Waals surface area contributed by atoms with Crippen molar-refractivity contribution in [3.8, 4) is 11.1 Å². The van der Waals surface area contributed by atoms with Gasteiger partial charge in [-0.1, -0.05) is 140 Å². The number of rotatable bonds is 4.